The Morgan fingerprint density at radius 1 is 1.00 bits per heavy atom. The van der Waals surface area contributed by atoms with Crippen LogP contribution in [0.3, 0.4) is 0 Å². The van der Waals surface area contributed by atoms with Crippen molar-refractivity contribution < 1.29 is 0 Å². The fourth-order valence-electron chi connectivity index (χ4n) is 0.828. The molecule has 0 aromatic heterocycles. The van der Waals surface area contributed by atoms with Crippen LogP contribution < -0.4 is 16.0 Å². The molecule has 0 heterocycles. The zero-order chi connectivity index (χ0) is 11.7. The second-order valence-electron chi connectivity index (χ2n) is 3.46. The molecule has 0 unspecified atom stereocenters. The molecule has 0 bridgehead atoms. The van der Waals surface area contributed by atoms with Gasteiger partial charge in [-0.1, -0.05) is 31.9 Å². The van der Waals surface area contributed by atoms with E-state index in [2.05, 4.69) is 42.3 Å². The minimum atomic E-state index is 0.672. The van der Waals surface area contributed by atoms with E-state index in [1.165, 1.54) is 0 Å². The normalized spacial score (nSPS) is 8.87. The van der Waals surface area contributed by atoms with Crippen molar-refractivity contribution in [3.63, 3.8) is 0 Å². The second kappa shape index (κ2) is 7.74. The Bertz CT molecular complexity index is 254. The van der Waals surface area contributed by atoms with Crippen LogP contribution in [-0.2, 0) is 0 Å². The van der Waals surface area contributed by atoms with Gasteiger partial charge in [-0.3, -0.25) is 0 Å². The Hall–Kier alpha value is -1.64. The van der Waals surface area contributed by atoms with Crippen molar-refractivity contribution in [2.24, 2.45) is 0 Å². The van der Waals surface area contributed by atoms with E-state index in [1.807, 2.05) is 6.92 Å². The summed E-state index contributed by atoms with van der Waals surface area (Å²) >= 11 is 0. The van der Waals surface area contributed by atoms with Gasteiger partial charge >= 0.3 is 0 Å². The molecule has 0 aromatic rings. The van der Waals surface area contributed by atoms with Crippen LogP contribution in [0.2, 0.25) is 0 Å². The molecule has 3 N–H and O–H groups in total. The first-order chi connectivity index (χ1) is 7.06. The molecule has 0 aliphatic carbocycles. The van der Waals surface area contributed by atoms with Crippen molar-refractivity contribution >= 4 is 0 Å². The Kier molecular flexibility index (Phi) is 6.89. The molecule has 15 heavy (non-hydrogen) atoms. The van der Waals surface area contributed by atoms with Crippen molar-refractivity contribution in [1.29, 1.82) is 0 Å². The van der Waals surface area contributed by atoms with E-state index in [4.69, 9.17) is 0 Å². The van der Waals surface area contributed by atoms with Crippen molar-refractivity contribution in [2.45, 2.75) is 6.92 Å². The van der Waals surface area contributed by atoms with Gasteiger partial charge in [0.05, 0.1) is 13.1 Å². The largest absolute Gasteiger partial charge is 0.386 e. The van der Waals surface area contributed by atoms with Crippen LogP contribution in [0.25, 0.3) is 0 Å². The van der Waals surface area contributed by atoms with Gasteiger partial charge in [0.2, 0.25) is 0 Å². The highest BCUT2D eigenvalue weighted by Gasteiger charge is 1.94. The second-order valence-corrected chi connectivity index (χ2v) is 3.46. The van der Waals surface area contributed by atoms with Crippen molar-refractivity contribution in [3.8, 4) is 0 Å². The maximum atomic E-state index is 3.88. The van der Waals surface area contributed by atoms with Crippen LogP contribution in [0, 0.1) is 0 Å². The lowest BCUT2D eigenvalue weighted by Crippen LogP contribution is -2.28. The van der Waals surface area contributed by atoms with Crippen molar-refractivity contribution in [2.75, 3.05) is 19.6 Å². The molecule has 0 aliphatic rings. The molecule has 0 saturated carbocycles. The summed E-state index contributed by atoms with van der Waals surface area (Å²) in [5.41, 5.74) is 2.93. The molecule has 0 saturated heterocycles. The highest BCUT2D eigenvalue weighted by molar-refractivity contribution is 5.04. The topological polar surface area (TPSA) is 36.1 Å². The Labute approximate surface area is 92.6 Å². The van der Waals surface area contributed by atoms with E-state index >= 15 is 0 Å². The molecule has 0 aromatic carbocycles. The molecule has 0 aliphatic heterocycles. The molecule has 0 amide bonds. The van der Waals surface area contributed by atoms with E-state index in [1.54, 1.807) is 6.20 Å². The standard InChI is InChI=1S/C12H21N3/c1-6-13-8-11(4)15-9-12(5)14-7-10(2)3/h6,13-15H,1-2,4-5,7-9H2,3H3. The number of nitrogens with one attached hydrogen (secondary N) is 3. The van der Waals surface area contributed by atoms with Crippen molar-refractivity contribution in [1.82, 2.24) is 16.0 Å². The van der Waals surface area contributed by atoms with Gasteiger partial charge in [0.15, 0.2) is 0 Å². The zero-order valence-corrected chi connectivity index (χ0v) is 9.53. The van der Waals surface area contributed by atoms with Gasteiger partial charge in [-0.2, -0.15) is 0 Å². The molecular formula is C12H21N3. The van der Waals surface area contributed by atoms with E-state index in [9.17, 15) is 0 Å². The Morgan fingerprint density at radius 2 is 1.53 bits per heavy atom. The third-order valence-corrected chi connectivity index (χ3v) is 1.65. The molecular weight excluding hydrogens is 186 g/mol. The Morgan fingerprint density at radius 3 is 2.07 bits per heavy atom. The minimum Gasteiger partial charge on any atom is -0.386 e. The lowest BCUT2D eigenvalue weighted by molar-refractivity contribution is 0.746. The summed E-state index contributed by atoms with van der Waals surface area (Å²) in [4.78, 5) is 0. The summed E-state index contributed by atoms with van der Waals surface area (Å²) in [6, 6.07) is 0. The average Bonchev–Trinajstić information content (AvgIpc) is 2.20. The van der Waals surface area contributed by atoms with Gasteiger partial charge in [-0.25, -0.2) is 0 Å². The maximum Gasteiger partial charge on any atom is 0.0539 e. The number of hydrogen-bond acceptors (Lipinski definition) is 3. The molecule has 3 heteroatoms. The first-order valence-corrected chi connectivity index (χ1v) is 4.88. The first-order valence-electron chi connectivity index (χ1n) is 4.88. The van der Waals surface area contributed by atoms with Crippen LogP contribution in [-0.4, -0.2) is 19.6 Å². The van der Waals surface area contributed by atoms with Gasteiger partial charge < -0.3 is 16.0 Å². The van der Waals surface area contributed by atoms with Crippen LogP contribution in [0.15, 0.2) is 49.5 Å². The first kappa shape index (κ1) is 13.4. The lowest BCUT2D eigenvalue weighted by Gasteiger charge is -2.13. The molecule has 0 rings (SSSR count). The highest BCUT2D eigenvalue weighted by atomic mass is 15.0. The van der Waals surface area contributed by atoms with Crippen molar-refractivity contribution in [3.05, 3.63) is 49.5 Å². The summed E-state index contributed by atoms with van der Waals surface area (Å²) in [6.45, 7) is 19.2. The maximum absolute atomic E-state index is 3.88. The van der Waals surface area contributed by atoms with Gasteiger partial charge in [-0.15, -0.1) is 0 Å². The van der Waals surface area contributed by atoms with Crippen LogP contribution in [0.1, 0.15) is 6.92 Å². The smallest absolute Gasteiger partial charge is 0.0539 e. The van der Waals surface area contributed by atoms with E-state index in [0.717, 1.165) is 23.5 Å². The monoisotopic (exact) mass is 207 g/mol. The summed E-state index contributed by atoms with van der Waals surface area (Å²) in [5, 5.41) is 9.26. The molecule has 0 fully saturated rings. The number of hydrogen-bond donors (Lipinski definition) is 3. The summed E-state index contributed by atoms with van der Waals surface area (Å²) in [6.07, 6.45) is 1.64. The van der Waals surface area contributed by atoms with Crippen LogP contribution >= 0.6 is 0 Å². The molecule has 0 atom stereocenters. The van der Waals surface area contributed by atoms with Crippen LogP contribution in [0.4, 0.5) is 0 Å². The fraction of sp³-hybridized carbons (Fsp3) is 0.333. The molecule has 0 spiro atoms. The zero-order valence-electron chi connectivity index (χ0n) is 9.53. The van der Waals surface area contributed by atoms with Gasteiger partial charge in [-0.05, 0) is 13.1 Å². The van der Waals surface area contributed by atoms with Gasteiger partial charge in [0.25, 0.3) is 0 Å². The van der Waals surface area contributed by atoms with Gasteiger partial charge in [0, 0.05) is 17.9 Å². The summed E-state index contributed by atoms with van der Waals surface area (Å²) < 4.78 is 0. The summed E-state index contributed by atoms with van der Waals surface area (Å²) in [5.74, 6) is 0. The van der Waals surface area contributed by atoms with E-state index < -0.39 is 0 Å². The quantitative estimate of drug-likeness (QED) is 0.501. The molecule has 0 radical (unpaired) electrons. The molecule has 84 valence electrons. The predicted molar refractivity (Wildman–Crippen MR) is 67.3 cm³/mol. The predicted octanol–water partition coefficient (Wildman–Crippen LogP) is 1.50. The minimum absolute atomic E-state index is 0.672. The number of rotatable bonds is 9. The lowest BCUT2D eigenvalue weighted by atomic mass is 10.3. The third kappa shape index (κ3) is 8.68. The van der Waals surface area contributed by atoms with E-state index in [0.29, 0.717) is 13.1 Å². The average molecular weight is 207 g/mol. The van der Waals surface area contributed by atoms with E-state index in [-0.39, 0.29) is 0 Å². The van der Waals surface area contributed by atoms with Gasteiger partial charge in [0.1, 0.15) is 0 Å². The van der Waals surface area contributed by atoms with Crippen LogP contribution in [0.5, 0.6) is 0 Å². The fourth-order valence-corrected chi connectivity index (χ4v) is 0.828. The molecule has 3 nitrogen and oxygen atoms in total. The SMILES string of the molecule is C=CNCC(=C)NCC(=C)NCC(=C)C. The Balaban J connectivity index is 3.57. The third-order valence-electron chi connectivity index (χ3n) is 1.65. The summed E-state index contributed by atoms with van der Waals surface area (Å²) in [7, 11) is 0. The highest BCUT2D eigenvalue weighted by Crippen LogP contribution is 1.89.